The lowest BCUT2D eigenvalue weighted by Gasteiger charge is -2.08. The summed E-state index contributed by atoms with van der Waals surface area (Å²) in [5.74, 6) is -0.228. The number of carbonyl (C=O) groups is 1. The zero-order valence-corrected chi connectivity index (χ0v) is 17.0. The van der Waals surface area contributed by atoms with Crippen molar-refractivity contribution >= 4 is 56.2 Å². The third-order valence-corrected chi connectivity index (χ3v) is 5.83. The average molecular weight is 439 g/mol. The first kappa shape index (κ1) is 18.4. The molecule has 3 nitrogen and oxygen atoms in total. The maximum atomic E-state index is 12.0. The summed E-state index contributed by atoms with van der Waals surface area (Å²) in [5, 5.41) is 1.82. The smallest absolute Gasteiger partial charge is 0.325 e. The van der Waals surface area contributed by atoms with Gasteiger partial charge >= 0.3 is 5.97 Å². The monoisotopic (exact) mass is 437 g/mol. The number of hydrogen-bond donors (Lipinski definition) is 0. The highest BCUT2D eigenvalue weighted by Gasteiger charge is 2.18. The molecule has 0 amide bonds. The molecule has 0 atom stereocenters. The zero-order valence-electron chi connectivity index (χ0n) is 13.9. The van der Waals surface area contributed by atoms with Gasteiger partial charge in [0.1, 0.15) is 6.54 Å². The van der Waals surface area contributed by atoms with Crippen molar-refractivity contribution in [1.29, 1.82) is 0 Å². The number of hydrogen-bond acceptors (Lipinski definition) is 3. The van der Waals surface area contributed by atoms with Gasteiger partial charge in [0.15, 0.2) is 0 Å². The molecule has 0 N–H and O–H groups in total. The molecule has 0 unspecified atom stereocenters. The fourth-order valence-corrected chi connectivity index (χ4v) is 4.24. The van der Waals surface area contributed by atoms with Crippen LogP contribution in [0, 0.1) is 6.92 Å². The Morgan fingerprint density at radius 2 is 1.96 bits per heavy atom. The van der Waals surface area contributed by atoms with Crippen molar-refractivity contribution in [1.82, 2.24) is 4.57 Å². The summed E-state index contributed by atoms with van der Waals surface area (Å²) in [5.41, 5.74) is 2.06. The Balaban J connectivity index is 2.07. The van der Waals surface area contributed by atoms with Crippen molar-refractivity contribution in [3.05, 3.63) is 57.7 Å². The van der Waals surface area contributed by atoms with Crippen molar-refractivity contribution in [2.75, 3.05) is 6.61 Å². The van der Waals surface area contributed by atoms with Gasteiger partial charge in [-0.1, -0.05) is 39.3 Å². The van der Waals surface area contributed by atoms with E-state index in [1.807, 2.05) is 54.8 Å². The van der Waals surface area contributed by atoms with Crippen molar-refractivity contribution < 1.29 is 9.53 Å². The topological polar surface area (TPSA) is 31.2 Å². The summed E-state index contributed by atoms with van der Waals surface area (Å²) < 4.78 is 8.14. The van der Waals surface area contributed by atoms with Gasteiger partial charge in [0.05, 0.1) is 12.1 Å². The quantitative estimate of drug-likeness (QED) is 0.452. The van der Waals surface area contributed by atoms with Crippen LogP contribution in [-0.2, 0) is 16.1 Å². The fourth-order valence-electron chi connectivity index (χ4n) is 2.71. The molecule has 0 bridgehead atoms. The van der Waals surface area contributed by atoms with E-state index < -0.39 is 0 Å². The van der Waals surface area contributed by atoms with Gasteiger partial charge in [-0.05, 0) is 56.3 Å². The molecule has 2 aromatic carbocycles. The molecule has 1 heterocycles. The average Bonchev–Trinajstić information content (AvgIpc) is 2.82. The largest absolute Gasteiger partial charge is 0.465 e. The second-order valence-corrected chi connectivity index (χ2v) is 7.96. The van der Waals surface area contributed by atoms with E-state index in [4.69, 9.17) is 16.3 Å². The summed E-state index contributed by atoms with van der Waals surface area (Å²) in [7, 11) is 0. The Bertz CT molecular complexity index is 921. The van der Waals surface area contributed by atoms with E-state index in [1.54, 1.807) is 11.8 Å². The first-order valence-corrected chi connectivity index (χ1v) is 9.85. The van der Waals surface area contributed by atoms with E-state index in [9.17, 15) is 4.79 Å². The Labute approximate surface area is 164 Å². The van der Waals surface area contributed by atoms with Crippen molar-refractivity contribution in [2.24, 2.45) is 0 Å². The number of nitrogens with zero attached hydrogens (tertiary/aromatic N) is 1. The summed E-state index contributed by atoms with van der Waals surface area (Å²) in [6, 6.07) is 13.9. The van der Waals surface area contributed by atoms with Crippen molar-refractivity contribution in [3.63, 3.8) is 0 Å². The predicted molar refractivity (Wildman–Crippen MR) is 107 cm³/mol. The van der Waals surface area contributed by atoms with Crippen LogP contribution < -0.4 is 0 Å². The van der Waals surface area contributed by atoms with Crippen LogP contribution in [0.5, 0.6) is 0 Å². The summed E-state index contributed by atoms with van der Waals surface area (Å²) in [6.07, 6.45) is 0. The number of rotatable bonds is 5. The number of carbonyl (C=O) groups excluding carboxylic acids is 1. The van der Waals surface area contributed by atoms with Gasteiger partial charge in [-0.2, -0.15) is 0 Å². The van der Waals surface area contributed by atoms with Crippen LogP contribution >= 0.6 is 39.3 Å². The molecule has 25 heavy (non-hydrogen) atoms. The van der Waals surface area contributed by atoms with Gasteiger partial charge in [0.2, 0.25) is 0 Å². The van der Waals surface area contributed by atoms with E-state index in [-0.39, 0.29) is 12.5 Å². The van der Waals surface area contributed by atoms with Crippen LogP contribution in [0.1, 0.15) is 12.6 Å². The molecule has 130 valence electrons. The van der Waals surface area contributed by atoms with Crippen LogP contribution in [0.2, 0.25) is 5.02 Å². The van der Waals surface area contributed by atoms with Gasteiger partial charge in [-0.15, -0.1) is 0 Å². The van der Waals surface area contributed by atoms with Gasteiger partial charge in [0, 0.05) is 30.4 Å². The molecule has 0 fully saturated rings. The molecule has 0 saturated carbocycles. The van der Waals surface area contributed by atoms with Crippen LogP contribution in [0.3, 0.4) is 0 Å². The number of aromatic nitrogens is 1. The molecule has 3 aromatic rings. The van der Waals surface area contributed by atoms with E-state index >= 15 is 0 Å². The van der Waals surface area contributed by atoms with Crippen molar-refractivity contribution in [3.8, 4) is 0 Å². The van der Waals surface area contributed by atoms with E-state index in [2.05, 4.69) is 22.0 Å². The summed E-state index contributed by atoms with van der Waals surface area (Å²) in [6.45, 7) is 4.44. The molecule has 3 rings (SSSR count). The number of halogens is 2. The highest BCUT2D eigenvalue weighted by Crippen LogP contribution is 2.39. The Morgan fingerprint density at radius 3 is 2.64 bits per heavy atom. The van der Waals surface area contributed by atoms with Crippen LogP contribution in [0.4, 0.5) is 0 Å². The number of esters is 1. The standard InChI is InChI=1S/C19H17BrClNO2S/c1-3-24-18(23)11-22-12(2)19(16-10-13(20)4-9-17(16)22)25-15-7-5-14(21)6-8-15/h4-10H,3,11H2,1-2H3. The number of benzene rings is 2. The predicted octanol–water partition coefficient (Wildman–Crippen LogP) is 6.08. The van der Waals surface area contributed by atoms with Gasteiger partial charge in [-0.3, -0.25) is 4.79 Å². The van der Waals surface area contributed by atoms with Crippen LogP contribution in [0.25, 0.3) is 10.9 Å². The SMILES string of the molecule is CCOC(=O)Cn1c(C)c(Sc2ccc(Cl)cc2)c2cc(Br)ccc21. The number of fused-ring (bicyclic) bond motifs is 1. The minimum atomic E-state index is -0.228. The molecule has 0 saturated heterocycles. The maximum Gasteiger partial charge on any atom is 0.325 e. The zero-order chi connectivity index (χ0) is 18.0. The van der Waals surface area contributed by atoms with Gasteiger partial charge in [-0.25, -0.2) is 0 Å². The molecule has 0 aliphatic rings. The lowest BCUT2D eigenvalue weighted by molar-refractivity contribution is -0.143. The first-order valence-electron chi connectivity index (χ1n) is 7.87. The fraction of sp³-hybridized carbons (Fsp3) is 0.211. The minimum absolute atomic E-state index is 0.207. The third kappa shape index (κ3) is 4.05. The van der Waals surface area contributed by atoms with Crippen LogP contribution in [0.15, 0.2) is 56.7 Å². The van der Waals surface area contributed by atoms with E-state index in [0.29, 0.717) is 11.6 Å². The van der Waals surface area contributed by atoms with E-state index in [0.717, 1.165) is 30.9 Å². The molecule has 6 heteroatoms. The van der Waals surface area contributed by atoms with Crippen molar-refractivity contribution in [2.45, 2.75) is 30.2 Å². The van der Waals surface area contributed by atoms with Crippen LogP contribution in [-0.4, -0.2) is 17.1 Å². The highest BCUT2D eigenvalue weighted by molar-refractivity contribution is 9.10. The third-order valence-electron chi connectivity index (χ3n) is 3.85. The lowest BCUT2D eigenvalue weighted by Crippen LogP contribution is -2.14. The minimum Gasteiger partial charge on any atom is -0.465 e. The molecule has 0 spiro atoms. The highest BCUT2D eigenvalue weighted by atomic mass is 79.9. The van der Waals surface area contributed by atoms with E-state index in [1.165, 1.54) is 0 Å². The molecular formula is C19H17BrClNO2S. The Kier molecular flexibility index (Phi) is 5.77. The molecule has 0 aliphatic carbocycles. The Hall–Kier alpha value is -1.43. The second-order valence-electron chi connectivity index (χ2n) is 5.52. The molecule has 0 radical (unpaired) electrons. The lowest BCUT2D eigenvalue weighted by atomic mass is 10.2. The molecular weight excluding hydrogens is 422 g/mol. The normalized spacial score (nSPS) is 11.0. The van der Waals surface area contributed by atoms with Gasteiger partial charge < -0.3 is 9.30 Å². The first-order chi connectivity index (χ1) is 12.0. The van der Waals surface area contributed by atoms with Gasteiger partial charge in [0.25, 0.3) is 0 Å². The Morgan fingerprint density at radius 1 is 1.24 bits per heavy atom. The maximum absolute atomic E-state index is 12.0. The summed E-state index contributed by atoms with van der Waals surface area (Å²) in [4.78, 5) is 14.2. The number of ether oxygens (including phenoxy) is 1. The summed E-state index contributed by atoms with van der Waals surface area (Å²) >= 11 is 11.2. The second kappa shape index (κ2) is 7.85. The molecule has 1 aromatic heterocycles. The molecule has 0 aliphatic heterocycles.